The van der Waals surface area contributed by atoms with E-state index in [1.165, 1.54) is 12.1 Å². The molecule has 0 amide bonds. The smallest absolute Gasteiger partial charge is 0.287 e. The topological polar surface area (TPSA) is 91.3 Å². The standard InChI is InChI=1S/C11H9N3O3/c12-8-2-1-3-10(6-8)17-11-5-4-9(7-13-11)14(15)16/h1-7H,12H2. The number of nitrogen functional groups attached to an aromatic ring is 1. The first-order chi connectivity index (χ1) is 8.15. The summed E-state index contributed by atoms with van der Waals surface area (Å²) in [5, 5.41) is 10.4. The van der Waals surface area contributed by atoms with Gasteiger partial charge in [0.25, 0.3) is 5.69 Å². The molecule has 6 nitrogen and oxygen atoms in total. The molecule has 1 heterocycles. The second kappa shape index (κ2) is 4.48. The zero-order valence-electron chi connectivity index (χ0n) is 8.74. The molecule has 2 rings (SSSR count). The lowest BCUT2D eigenvalue weighted by Gasteiger charge is -2.04. The van der Waals surface area contributed by atoms with E-state index in [0.29, 0.717) is 11.4 Å². The number of aromatic nitrogens is 1. The van der Waals surface area contributed by atoms with Crippen LogP contribution in [0.5, 0.6) is 11.6 Å². The number of benzene rings is 1. The third-order valence-corrected chi connectivity index (χ3v) is 2.01. The van der Waals surface area contributed by atoms with Gasteiger partial charge in [-0.1, -0.05) is 6.07 Å². The predicted molar refractivity (Wildman–Crippen MR) is 61.8 cm³/mol. The molecular formula is C11H9N3O3. The molecule has 1 aromatic heterocycles. The van der Waals surface area contributed by atoms with Crippen LogP contribution in [0, 0.1) is 10.1 Å². The number of rotatable bonds is 3. The van der Waals surface area contributed by atoms with Crippen LogP contribution in [-0.2, 0) is 0 Å². The highest BCUT2D eigenvalue weighted by molar-refractivity contribution is 5.44. The number of anilines is 1. The highest BCUT2D eigenvalue weighted by Crippen LogP contribution is 2.22. The van der Waals surface area contributed by atoms with Gasteiger partial charge in [-0.05, 0) is 12.1 Å². The molecule has 0 spiro atoms. The summed E-state index contributed by atoms with van der Waals surface area (Å²) in [7, 11) is 0. The Morgan fingerprint density at radius 1 is 1.29 bits per heavy atom. The van der Waals surface area contributed by atoms with Crippen molar-refractivity contribution in [3.63, 3.8) is 0 Å². The van der Waals surface area contributed by atoms with Crippen LogP contribution < -0.4 is 10.5 Å². The minimum absolute atomic E-state index is 0.0788. The van der Waals surface area contributed by atoms with Crippen molar-refractivity contribution in [1.29, 1.82) is 0 Å². The van der Waals surface area contributed by atoms with Crippen molar-refractivity contribution in [3.05, 3.63) is 52.7 Å². The van der Waals surface area contributed by atoms with Gasteiger partial charge >= 0.3 is 0 Å². The Bertz CT molecular complexity index is 540. The van der Waals surface area contributed by atoms with Crippen LogP contribution in [0.1, 0.15) is 0 Å². The highest BCUT2D eigenvalue weighted by Gasteiger charge is 2.06. The van der Waals surface area contributed by atoms with Crippen LogP contribution in [-0.4, -0.2) is 9.91 Å². The molecule has 0 unspecified atom stereocenters. The SMILES string of the molecule is Nc1cccc(Oc2ccc([N+](=O)[O-])cn2)c1. The molecule has 0 aliphatic rings. The lowest BCUT2D eigenvalue weighted by molar-refractivity contribution is -0.385. The fraction of sp³-hybridized carbons (Fsp3) is 0. The first-order valence-electron chi connectivity index (χ1n) is 4.79. The fourth-order valence-electron chi connectivity index (χ4n) is 1.24. The summed E-state index contributed by atoms with van der Waals surface area (Å²) in [6.07, 6.45) is 1.14. The summed E-state index contributed by atoms with van der Waals surface area (Å²) in [5.74, 6) is 0.813. The zero-order valence-corrected chi connectivity index (χ0v) is 8.74. The zero-order chi connectivity index (χ0) is 12.3. The number of ether oxygens (including phenoxy) is 1. The molecule has 1 aromatic carbocycles. The average Bonchev–Trinajstić information content (AvgIpc) is 2.29. The van der Waals surface area contributed by atoms with Crippen LogP contribution in [0.3, 0.4) is 0 Å². The number of nitro groups is 1. The molecule has 0 saturated carbocycles. The van der Waals surface area contributed by atoms with Gasteiger partial charge in [-0.3, -0.25) is 10.1 Å². The Kier molecular flexibility index (Phi) is 2.87. The first-order valence-corrected chi connectivity index (χ1v) is 4.79. The Morgan fingerprint density at radius 2 is 2.12 bits per heavy atom. The maximum Gasteiger partial charge on any atom is 0.287 e. The molecule has 0 aliphatic carbocycles. The molecule has 0 radical (unpaired) electrons. The summed E-state index contributed by atoms with van der Waals surface area (Å²) in [6.45, 7) is 0. The predicted octanol–water partition coefficient (Wildman–Crippen LogP) is 2.36. The van der Waals surface area contributed by atoms with Gasteiger partial charge in [0, 0.05) is 23.9 Å². The molecule has 86 valence electrons. The van der Waals surface area contributed by atoms with Crippen LogP contribution in [0.2, 0.25) is 0 Å². The number of pyridine rings is 1. The van der Waals surface area contributed by atoms with Crippen LogP contribution in [0.4, 0.5) is 11.4 Å². The number of nitrogens with zero attached hydrogens (tertiary/aromatic N) is 2. The van der Waals surface area contributed by atoms with E-state index in [2.05, 4.69) is 4.98 Å². The van der Waals surface area contributed by atoms with E-state index >= 15 is 0 Å². The van der Waals surface area contributed by atoms with Gasteiger partial charge in [-0.25, -0.2) is 4.98 Å². The third kappa shape index (κ3) is 2.69. The van der Waals surface area contributed by atoms with E-state index in [1.54, 1.807) is 24.3 Å². The third-order valence-electron chi connectivity index (χ3n) is 2.01. The van der Waals surface area contributed by atoms with Crippen molar-refractivity contribution in [2.75, 3.05) is 5.73 Å². The van der Waals surface area contributed by atoms with E-state index in [4.69, 9.17) is 10.5 Å². The highest BCUT2D eigenvalue weighted by atomic mass is 16.6. The van der Waals surface area contributed by atoms with Gasteiger partial charge in [0.1, 0.15) is 11.9 Å². The first kappa shape index (κ1) is 10.9. The van der Waals surface area contributed by atoms with Crippen molar-refractivity contribution in [2.45, 2.75) is 0 Å². The van der Waals surface area contributed by atoms with Gasteiger partial charge < -0.3 is 10.5 Å². The van der Waals surface area contributed by atoms with Gasteiger partial charge in [0.2, 0.25) is 5.88 Å². The molecule has 0 fully saturated rings. The number of hydrogen-bond acceptors (Lipinski definition) is 5. The van der Waals surface area contributed by atoms with Crippen LogP contribution in [0.25, 0.3) is 0 Å². The molecule has 2 N–H and O–H groups in total. The van der Waals surface area contributed by atoms with Crippen molar-refractivity contribution in [3.8, 4) is 11.6 Å². The van der Waals surface area contributed by atoms with Gasteiger partial charge in [-0.15, -0.1) is 0 Å². The second-order valence-corrected chi connectivity index (χ2v) is 3.29. The lowest BCUT2D eigenvalue weighted by Crippen LogP contribution is -1.92. The van der Waals surface area contributed by atoms with Crippen molar-refractivity contribution in [1.82, 2.24) is 4.98 Å². The minimum atomic E-state index is -0.517. The van der Waals surface area contributed by atoms with E-state index in [0.717, 1.165) is 6.20 Å². The van der Waals surface area contributed by atoms with Crippen LogP contribution >= 0.6 is 0 Å². The maximum atomic E-state index is 10.4. The lowest BCUT2D eigenvalue weighted by atomic mass is 10.3. The van der Waals surface area contributed by atoms with E-state index < -0.39 is 4.92 Å². The minimum Gasteiger partial charge on any atom is -0.439 e. The summed E-state index contributed by atoms with van der Waals surface area (Å²) >= 11 is 0. The number of nitrogens with two attached hydrogens (primary N) is 1. The van der Waals surface area contributed by atoms with Crippen LogP contribution in [0.15, 0.2) is 42.6 Å². The molecule has 0 aliphatic heterocycles. The maximum absolute atomic E-state index is 10.4. The molecular weight excluding hydrogens is 222 g/mol. The molecule has 0 saturated heterocycles. The van der Waals surface area contributed by atoms with Gasteiger partial charge in [0.05, 0.1) is 4.92 Å². The van der Waals surface area contributed by atoms with Gasteiger partial charge in [-0.2, -0.15) is 0 Å². The van der Waals surface area contributed by atoms with Crippen molar-refractivity contribution >= 4 is 11.4 Å². The van der Waals surface area contributed by atoms with Crippen molar-refractivity contribution < 1.29 is 9.66 Å². The van der Waals surface area contributed by atoms with E-state index in [-0.39, 0.29) is 11.6 Å². The molecule has 0 atom stereocenters. The Morgan fingerprint density at radius 3 is 2.71 bits per heavy atom. The average molecular weight is 231 g/mol. The monoisotopic (exact) mass is 231 g/mol. The number of hydrogen-bond donors (Lipinski definition) is 1. The fourth-order valence-corrected chi connectivity index (χ4v) is 1.24. The van der Waals surface area contributed by atoms with Crippen molar-refractivity contribution in [2.24, 2.45) is 0 Å². The largest absolute Gasteiger partial charge is 0.439 e. The second-order valence-electron chi connectivity index (χ2n) is 3.29. The normalized spacial score (nSPS) is 9.88. The van der Waals surface area contributed by atoms with Gasteiger partial charge in [0.15, 0.2) is 0 Å². The summed E-state index contributed by atoms with van der Waals surface area (Å²) in [6, 6.07) is 9.60. The Labute approximate surface area is 96.8 Å². The van der Waals surface area contributed by atoms with E-state index in [9.17, 15) is 10.1 Å². The molecule has 2 aromatic rings. The van der Waals surface area contributed by atoms with E-state index in [1.807, 2.05) is 0 Å². The Hall–Kier alpha value is -2.63. The summed E-state index contributed by atoms with van der Waals surface area (Å²) < 4.78 is 5.38. The Balaban J connectivity index is 2.16. The summed E-state index contributed by atoms with van der Waals surface area (Å²) in [4.78, 5) is 13.7. The summed E-state index contributed by atoms with van der Waals surface area (Å²) in [5.41, 5.74) is 6.08. The quantitative estimate of drug-likeness (QED) is 0.497. The molecule has 17 heavy (non-hydrogen) atoms. The molecule has 6 heteroatoms. The molecule has 0 bridgehead atoms.